The summed E-state index contributed by atoms with van der Waals surface area (Å²) in [4.78, 5) is 0. The van der Waals surface area contributed by atoms with E-state index in [1.807, 2.05) is 0 Å². The molecule has 3 aromatic rings. The topological polar surface area (TPSA) is 86.2 Å². The Kier molecular flexibility index (Phi) is 5.45. The van der Waals surface area contributed by atoms with Crippen molar-refractivity contribution in [1.29, 1.82) is 0 Å². The lowest BCUT2D eigenvalue weighted by atomic mass is 10.1. The monoisotopic (exact) mass is 382 g/mol. The Bertz CT molecular complexity index is 905. The van der Waals surface area contributed by atoms with Crippen LogP contribution in [0.1, 0.15) is 23.6 Å². The molecule has 0 spiro atoms. The zero-order chi connectivity index (χ0) is 19.4. The van der Waals surface area contributed by atoms with E-state index in [1.54, 1.807) is 24.3 Å². The van der Waals surface area contributed by atoms with Gasteiger partial charge in [0.25, 0.3) is 5.89 Å². The lowest BCUT2D eigenvalue weighted by molar-refractivity contribution is -0.142. The Morgan fingerprint density at radius 2 is 2.00 bits per heavy atom. The number of para-hydroxylation sites is 1. The number of nitrogens with zero attached hydrogens (tertiary/aromatic N) is 4. The highest BCUT2D eigenvalue weighted by Gasteiger charge is 2.37. The third kappa shape index (κ3) is 4.27. The van der Waals surface area contributed by atoms with Crippen molar-refractivity contribution in [2.45, 2.75) is 25.6 Å². The molecule has 2 aromatic heterocycles. The third-order valence-corrected chi connectivity index (χ3v) is 3.81. The van der Waals surface area contributed by atoms with Gasteiger partial charge in [-0.05, 0) is 25.0 Å². The molecule has 0 aliphatic rings. The van der Waals surface area contributed by atoms with Crippen LogP contribution in [0.5, 0.6) is 5.75 Å². The molecular weight excluding hydrogens is 365 g/mol. The van der Waals surface area contributed by atoms with Gasteiger partial charge < -0.3 is 14.3 Å². The fourth-order valence-electron chi connectivity index (χ4n) is 2.62. The highest BCUT2D eigenvalue weighted by molar-refractivity contribution is 5.62. The van der Waals surface area contributed by atoms with Gasteiger partial charge in [0.2, 0.25) is 5.89 Å². The highest BCUT2D eigenvalue weighted by Crippen LogP contribution is 2.32. The zero-order valence-corrected chi connectivity index (χ0v) is 14.4. The first-order valence-corrected chi connectivity index (χ1v) is 8.12. The molecule has 27 heavy (non-hydrogen) atoms. The number of aliphatic hydroxyl groups excluding tert-OH is 1. The first-order valence-electron chi connectivity index (χ1n) is 8.12. The van der Waals surface area contributed by atoms with Crippen molar-refractivity contribution in [2.24, 2.45) is 0 Å². The summed E-state index contributed by atoms with van der Waals surface area (Å²) < 4.78 is 51.3. The lowest BCUT2D eigenvalue weighted by Crippen LogP contribution is -2.10. The van der Waals surface area contributed by atoms with Gasteiger partial charge in [-0.2, -0.15) is 18.3 Å². The summed E-state index contributed by atoms with van der Waals surface area (Å²) in [5, 5.41) is 20.3. The number of aliphatic hydroxyl groups is 1. The molecule has 1 aromatic carbocycles. The molecule has 0 atom stereocenters. The molecule has 2 heterocycles. The van der Waals surface area contributed by atoms with Crippen LogP contribution >= 0.6 is 0 Å². The molecule has 7 nitrogen and oxygen atoms in total. The van der Waals surface area contributed by atoms with Crippen molar-refractivity contribution in [3.05, 3.63) is 47.6 Å². The number of aromatic nitrogens is 4. The maximum Gasteiger partial charge on any atom is 0.435 e. The molecule has 0 aliphatic heterocycles. The molecule has 10 heteroatoms. The summed E-state index contributed by atoms with van der Waals surface area (Å²) in [5.74, 6) is 0.851. The number of aryl methyl sites for hydroxylation is 1. The van der Waals surface area contributed by atoms with Crippen LogP contribution in [0.15, 0.2) is 34.9 Å². The number of benzene rings is 1. The zero-order valence-electron chi connectivity index (χ0n) is 14.4. The molecule has 144 valence electrons. The summed E-state index contributed by atoms with van der Waals surface area (Å²) in [5.41, 5.74) is -0.375. The van der Waals surface area contributed by atoms with Gasteiger partial charge in [0.15, 0.2) is 5.69 Å². The lowest BCUT2D eigenvalue weighted by Gasteiger charge is -2.04. The van der Waals surface area contributed by atoms with Crippen LogP contribution in [-0.2, 0) is 19.1 Å². The number of alkyl halides is 3. The van der Waals surface area contributed by atoms with Crippen LogP contribution in [0.2, 0.25) is 0 Å². The number of rotatable bonds is 7. The normalized spacial score (nSPS) is 11.7. The van der Waals surface area contributed by atoms with Gasteiger partial charge in [0.05, 0.1) is 12.7 Å². The molecule has 0 amide bonds. The minimum absolute atomic E-state index is 0.0148. The summed E-state index contributed by atoms with van der Waals surface area (Å²) in [6.45, 7) is -0.307. The molecule has 0 unspecified atom stereocenters. The number of methoxy groups -OCH3 is 1. The van der Waals surface area contributed by atoms with Gasteiger partial charge in [-0.1, -0.05) is 12.1 Å². The molecule has 1 N–H and O–H groups in total. The fraction of sp³-hybridized carbons (Fsp3) is 0.353. The van der Waals surface area contributed by atoms with Crippen LogP contribution in [0.4, 0.5) is 13.2 Å². The van der Waals surface area contributed by atoms with E-state index in [1.165, 1.54) is 13.3 Å². The molecule has 0 radical (unpaired) electrons. The van der Waals surface area contributed by atoms with Gasteiger partial charge in [-0.3, -0.25) is 4.68 Å². The molecule has 0 saturated carbocycles. The minimum Gasteiger partial charge on any atom is -0.496 e. The Balaban J connectivity index is 1.84. The van der Waals surface area contributed by atoms with E-state index >= 15 is 0 Å². The van der Waals surface area contributed by atoms with Crippen molar-refractivity contribution in [2.75, 3.05) is 13.7 Å². The quantitative estimate of drug-likeness (QED) is 0.676. The minimum atomic E-state index is -4.58. The van der Waals surface area contributed by atoms with Crippen LogP contribution in [0.3, 0.4) is 0 Å². The Morgan fingerprint density at radius 3 is 2.70 bits per heavy atom. The van der Waals surface area contributed by atoms with Crippen LogP contribution in [0, 0.1) is 0 Å². The van der Waals surface area contributed by atoms with Crippen molar-refractivity contribution < 1.29 is 27.4 Å². The fourth-order valence-corrected chi connectivity index (χ4v) is 2.62. The number of hydrogen-bond donors (Lipinski definition) is 1. The van der Waals surface area contributed by atoms with Gasteiger partial charge in [0.1, 0.15) is 12.3 Å². The number of hydrogen-bond acceptors (Lipinski definition) is 6. The summed E-state index contributed by atoms with van der Waals surface area (Å²) in [7, 11) is 1.51. The molecule has 3 rings (SSSR count). The van der Waals surface area contributed by atoms with Crippen molar-refractivity contribution in [3.8, 4) is 17.2 Å². The molecule has 0 aliphatic carbocycles. The molecule has 0 fully saturated rings. The van der Waals surface area contributed by atoms with E-state index in [4.69, 9.17) is 14.3 Å². The SMILES string of the molecule is COc1ccccc1-c1nnc(Cn2cc(CCCO)c(C(F)(F)F)n2)o1. The number of halogens is 3. The largest absolute Gasteiger partial charge is 0.496 e. The first kappa shape index (κ1) is 18.9. The van der Waals surface area contributed by atoms with Crippen LogP contribution in [-0.4, -0.2) is 38.8 Å². The van der Waals surface area contributed by atoms with Gasteiger partial charge in [0, 0.05) is 18.4 Å². The standard InChI is InChI=1S/C17H17F3N4O3/c1-26-13-7-3-2-6-12(13)16-22-21-14(27-16)10-24-9-11(5-4-8-25)15(23-24)17(18,19)20/h2-3,6-7,9,25H,4-5,8,10H2,1H3. The van der Waals surface area contributed by atoms with Crippen molar-refractivity contribution >= 4 is 0 Å². The average Bonchev–Trinajstić information content (AvgIpc) is 3.27. The van der Waals surface area contributed by atoms with E-state index in [0.717, 1.165) is 4.68 Å². The maximum absolute atomic E-state index is 13.1. The predicted octanol–water partition coefficient (Wildman–Crippen LogP) is 2.93. The van der Waals surface area contributed by atoms with Crippen LogP contribution in [0.25, 0.3) is 11.5 Å². The molecular formula is C17H17F3N4O3. The summed E-state index contributed by atoms with van der Waals surface area (Å²) in [6, 6.07) is 7.03. The second-order valence-electron chi connectivity index (χ2n) is 5.73. The smallest absolute Gasteiger partial charge is 0.435 e. The third-order valence-electron chi connectivity index (χ3n) is 3.81. The molecule has 0 bridgehead atoms. The first-order chi connectivity index (χ1) is 12.9. The van der Waals surface area contributed by atoms with E-state index in [-0.39, 0.29) is 43.3 Å². The highest BCUT2D eigenvalue weighted by atomic mass is 19.4. The van der Waals surface area contributed by atoms with E-state index < -0.39 is 11.9 Å². The van der Waals surface area contributed by atoms with Gasteiger partial charge in [-0.15, -0.1) is 10.2 Å². The van der Waals surface area contributed by atoms with Gasteiger partial charge in [-0.25, -0.2) is 0 Å². The second-order valence-corrected chi connectivity index (χ2v) is 5.73. The average molecular weight is 382 g/mol. The Morgan fingerprint density at radius 1 is 1.22 bits per heavy atom. The van der Waals surface area contributed by atoms with Crippen LogP contribution < -0.4 is 4.74 Å². The second kappa shape index (κ2) is 7.78. The van der Waals surface area contributed by atoms with Gasteiger partial charge >= 0.3 is 6.18 Å². The van der Waals surface area contributed by atoms with E-state index in [2.05, 4.69) is 15.3 Å². The summed E-state index contributed by atoms with van der Waals surface area (Å²) in [6.07, 6.45) is -3.01. The van der Waals surface area contributed by atoms with E-state index in [9.17, 15) is 13.2 Å². The Labute approximate surface area is 152 Å². The number of ether oxygens (including phenoxy) is 1. The predicted molar refractivity (Wildman–Crippen MR) is 88.0 cm³/mol. The Hall–Kier alpha value is -2.88. The van der Waals surface area contributed by atoms with Crippen molar-refractivity contribution in [1.82, 2.24) is 20.0 Å². The molecule has 0 saturated heterocycles. The maximum atomic E-state index is 13.1. The van der Waals surface area contributed by atoms with Crippen molar-refractivity contribution in [3.63, 3.8) is 0 Å². The summed E-state index contributed by atoms with van der Waals surface area (Å²) >= 11 is 0. The van der Waals surface area contributed by atoms with E-state index in [0.29, 0.717) is 11.3 Å².